The van der Waals surface area contributed by atoms with Crippen molar-refractivity contribution in [2.45, 2.75) is 0 Å². The summed E-state index contributed by atoms with van der Waals surface area (Å²) in [7, 11) is 0. The Kier molecular flexibility index (Phi) is 7.09. The first kappa shape index (κ1) is 33.9. The molecule has 4 aromatic heterocycles. The Morgan fingerprint density at radius 2 is 1.01 bits per heavy atom. The van der Waals surface area contributed by atoms with Gasteiger partial charge < -0.3 is 9.13 Å². The summed E-state index contributed by atoms with van der Waals surface area (Å²) >= 11 is 3.13. The minimum Gasteiger partial charge on any atom is -0.318 e. The van der Waals surface area contributed by atoms with Crippen molar-refractivity contribution in [2.75, 3.05) is 0 Å². The van der Waals surface area contributed by atoms with Gasteiger partial charge in [0.05, 0.1) is 65.9 Å². The molecule has 4 heterocycles. The highest BCUT2D eigenvalue weighted by molar-refractivity contribution is 7.27. The van der Waals surface area contributed by atoms with Crippen LogP contribution in [0.4, 0.5) is 5.69 Å². The van der Waals surface area contributed by atoms with Gasteiger partial charge in [-0.15, -0.1) is 22.7 Å². The maximum Gasteiger partial charge on any atom is 0.220 e. The van der Waals surface area contributed by atoms with Gasteiger partial charge >= 0.3 is 0 Å². The van der Waals surface area contributed by atoms with Crippen molar-refractivity contribution in [1.29, 1.82) is 5.26 Å². The Morgan fingerprint density at radius 1 is 0.432 bits per heavy atom. The summed E-state index contributed by atoms with van der Waals surface area (Å²) in [5.41, 5.74) is 6.70. The minimum absolute atomic E-state index is 0.0580. The zero-order valence-corrected chi connectivity index (χ0v) is 40.4. The summed E-state index contributed by atoms with van der Waals surface area (Å²) in [5.74, 6) is 0. The summed E-state index contributed by atoms with van der Waals surface area (Å²) < 4.78 is 81.2. The molecule has 0 fully saturated rings. The molecule has 0 amide bonds. The number of thiophene rings is 2. The fourth-order valence-electron chi connectivity index (χ4n) is 12.1. The smallest absolute Gasteiger partial charge is 0.220 e. The van der Waals surface area contributed by atoms with Gasteiger partial charge in [0.15, 0.2) is 0 Å². The fourth-order valence-corrected chi connectivity index (χ4v) is 14.7. The van der Waals surface area contributed by atoms with Crippen LogP contribution in [0.15, 0.2) is 218 Å². The minimum atomic E-state index is -0.470. The van der Waals surface area contributed by atoms with E-state index in [9.17, 15) is 15.9 Å². The van der Waals surface area contributed by atoms with E-state index in [4.69, 9.17) is 6.85 Å². The summed E-state index contributed by atoms with van der Waals surface area (Å²) in [5, 5.41) is 22.5. The van der Waals surface area contributed by atoms with Crippen LogP contribution in [0.3, 0.4) is 0 Å². The summed E-state index contributed by atoms with van der Waals surface area (Å²) in [6.07, 6.45) is 0. The molecule has 74 heavy (non-hydrogen) atoms. The van der Waals surface area contributed by atoms with Crippen LogP contribution in [0.5, 0.6) is 0 Å². The monoisotopic (exact) mass is 980 g/mol. The summed E-state index contributed by atoms with van der Waals surface area (Å²) in [4.78, 5) is 4.51. The topological polar surface area (TPSA) is 38.0 Å². The molecule has 4 nitrogen and oxygen atoms in total. The molecule has 0 unspecified atom stereocenters. The van der Waals surface area contributed by atoms with Crippen LogP contribution in [-0.2, 0) is 0 Å². The van der Waals surface area contributed by atoms with Gasteiger partial charge in [-0.3, -0.25) is 0 Å². The molecule has 0 aliphatic rings. The molecule has 0 N–H and O–H groups in total. The summed E-state index contributed by atoms with van der Waals surface area (Å²) in [6.45, 7) is 9.49. The van der Waals surface area contributed by atoms with Crippen LogP contribution in [-0.4, -0.2) is 9.13 Å². The number of hydrogen-bond donors (Lipinski definition) is 0. The lowest BCUT2D eigenvalue weighted by Crippen LogP contribution is -2.09. The van der Waals surface area contributed by atoms with E-state index in [1.54, 1.807) is 11.3 Å². The van der Waals surface area contributed by atoms with Crippen LogP contribution >= 0.6 is 22.7 Å². The van der Waals surface area contributed by atoms with Gasteiger partial charge in [-0.1, -0.05) is 200 Å². The second-order valence-electron chi connectivity index (χ2n) is 18.6. The third kappa shape index (κ3) is 5.43. The van der Waals surface area contributed by atoms with Gasteiger partial charge in [0.2, 0.25) is 5.69 Å². The van der Waals surface area contributed by atoms with Crippen LogP contribution in [0.2, 0.25) is 0 Å². The molecule has 0 saturated heterocycles. The van der Waals surface area contributed by atoms with Crippen molar-refractivity contribution in [2.24, 2.45) is 0 Å². The molecule has 16 rings (SSSR count). The van der Waals surface area contributed by atoms with E-state index >= 15 is 0 Å². The van der Waals surface area contributed by atoms with Gasteiger partial charge in [0, 0.05) is 63.6 Å². The lowest BCUT2D eigenvalue weighted by Gasteiger charge is -2.26. The Balaban J connectivity index is 1.20. The second kappa shape index (κ2) is 15.5. The van der Waals surface area contributed by atoms with Gasteiger partial charge in [0.1, 0.15) is 6.07 Å². The zero-order valence-electron chi connectivity index (χ0n) is 46.8. The molecule has 12 aromatic carbocycles. The highest BCUT2D eigenvalue weighted by atomic mass is 32.1. The Hall–Kier alpha value is -9.56. The van der Waals surface area contributed by atoms with Crippen LogP contribution in [0.25, 0.3) is 155 Å². The molecule has 0 bridgehead atoms. The van der Waals surface area contributed by atoms with E-state index in [1.807, 2.05) is 132 Å². The van der Waals surface area contributed by atoms with E-state index in [0.717, 1.165) is 83.7 Å². The zero-order chi connectivity index (χ0) is 55.7. The molecule has 6 heteroatoms. The normalized spacial score (nSPS) is 13.5. The highest BCUT2D eigenvalue weighted by Crippen LogP contribution is 2.56. The van der Waals surface area contributed by atoms with Gasteiger partial charge in [-0.2, -0.15) is 5.26 Å². The number of nitrogens with zero attached hydrogens (tertiary/aromatic N) is 4. The van der Waals surface area contributed by atoms with E-state index in [-0.39, 0.29) is 47.0 Å². The van der Waals surface area contributed by atoms with Gasteiger partial charge in [-0.05, 0) is 62.0 Å². The van der Waals surface area contributed by atoms with Crippen LogP contribution < -0.4 is 0 Å². The van der Waals surface area contributed by atoms with Crippen LogP contribution in [0, 0.1) is 17.9 Å². The van der Waals surface area contributed by atoms with Gasteiger partial charge in [0.25, 0.3) is 0 Å². The predicted octanol–water partition coefficient (Wildman–Crippen LogP) is 19.8. The quantitative estimate of drug-likeness (QED) is 0.125. The van der Waals surface area contributed by atoms with Crippen molar-refractivity contribution in [3.8, 4) is 50.8 Å². The summed E-state index contributed by atoms with van der Waals surface area (Å²) in [6, 6.07) is 56.1. The number of rotatable bonds is 5. The molecule has 0 radical (unpaired) electrons. The average molecular weight is 981 g/mol. The van der Waals surface area contributed by atoms with Crippen molar-refractivity contribution < 1.29 is 11.0 Å². The van der Waals surface area contributed by atoms with E-state index in [0.29, 0.717) is 61.0 Å². The number of hydrogen-bond acceptors (Lipinski definition) is 3. The fraction of sp³-hybridized carbons (Fsp3) is 0. The van der Waals surface area contributed by atoms with E-state index < -0.39 is 18.1 Å². The molecule has 0 aliphatic heterocycles. The largest absolute Gasteiger partial charge is 0.318 e. The van der Waals surface area contributed by atoms with Crippen molar-refractivity contribution in [1.82, 2.24) is 9.13 Å². The molecular formula is C68H36N4S2. The second-order valence-corrected chi connectivity index (χ2v) is 20.6. The molecule has 0 atom stereocenters. The SMILES string of the molecule is [2H]c1c([2H])c([2H])c(-c2cccc3c2sc2c3ccc3c4ccc5c6ccccc6sc5c4n(-c4c(C#N)c(-c5ccccc5)c([N+]#[C-])c(-n5c6cccc7c8ccccc8c8c([2H])c([2H])c([2H])c5c8c76)c4-c4ccccc4)c32)c([2H])c1[2H]. The maximum absolute atomic E-state index is 12.4. The number of aromatic nitrogens is 2. The van der Waals surface area contributed by atoms with E-state index in [2.05, 4.69) is 57.9 Å². The Morgan fingerprint density at radius 3 is 1.74 bits per heavy atom. The Bertz CT molecular complexity index is 5620. The molecule has 0 spiro atoms. The molecule has 0 aliphatic carbocycles. The first-order chi connectivity index (χ1) is 40.0. The molecule has 0 saturated carbocycles. The molecule has 340 valence electrons. The number of nitriles is 1. The molecule has 16 aromatic rings. The van der Waals surface area contributed by atoms with Crippen molar-refractivity contribution >= 4 is 134 Å². The first-order valence-electron chi connectivity index (χ1n) is 28.1. The average Bonchev–Trinajstić information content (AvgIpc) is 1.95. The number of fused-ring (bicyclic) bond motifs is 14. The van der Waals surface area contributed by atoms with Crippen LogP contribution in [0.1, 0.15) is 16.5 Å². The van der Waals surface area contributed by atoms with Gasteiger partial charge in [-0.25, -0.2) is 4.85 Å². The third-order valence-corrected chi connectivity index (χ3v) is 17.4. The van der Waals surface area contributed by atoms with Crippen molar-refractivity contribution in [3.05, 3.63) is 235 Å². The number of benzene rings is 12. The Labute approximate surface area is 443 Å². The predicted molar refractivity (Wildman–Crippen MR) is 314 cm³/mol. The standard InChI is InChI=1S/C68H36N4S2/c1-70-61-57(40-20-7-3-8-21-40)53(38-69)62(58(41-22-9-4-10-23-41)65(61)71-54-31-16-28-46-43-24-11-12-25-44(43)47-29-17-32-55(71)60(47)59(46)54)72-63-48(34-36-51-45-26-13-14-33-56(45)73-67(51)63)49-35-37-52-50-30-15-27-42(39-18-5-2-6-19-39)66(50)74-68(52)64(49)72/h2-37H/i2D,5D,6D,16D,18D,19D,28D,31D. The van der Waals surface area contributed by atoms with E-state index in [1.165, 1.54) is 11.3 Å². The van der Waals surface area contributed by atoms with Crippen molar-refractivity contribution in [3.63, 3.8) is 0 Å². The lowest BCUT2D eigenvalue weighted by atomic mass is 9.88. The lowest BCUT2D eigenvalue weighted by molar-refractivity contribution is 1.14. The maximum atomic E-state index is 12.4. The highest BCUT2D eigenvalue weighted by Gasteiger charge is 2.33. The molecular weight excluding hydrogens is 937 g/mol. The third-order valence-electron chi connectivity index (χ3n) is 15.0. The first-order valence-corrected chi connectivity index (χ1v) is 25.7.